The van der Waals surface area contributed by atoms with Gasteiger partial charge in [-0.1, -0.05) is 30.5 Å². The number of nitrogens with zero attached hydrogens (tertiary/aromatic N) is 1. The molecule has 1 heterocycles. The predicted molar refractivity (Wildman–Crippen MR) is 96.2 cm³/mol. The van der Waals surface area contributed by atoms with Gasteiger partial charge in [-0.2, -0.15) is 0 Å². The highest BCUT2D eigenvalue weighted by atomic mass is 16.3. The third kappa shape index (κ3) is 3.98. The molecule has 2 atom stereocenters. The molecule has 0 bridgehead atoms. The first-order valence-electron chi connectivity index (χ1n) is 9.35. The number of carbonyl (C=O) groups is 1. The Morgan fingerprint density at radius 3 is 2.50 bits per heavy atom. The van der Waals surface area contributed by atoms with E-state index in [1.165, 1.54) is 12.0 Å². The molecule has 4 heteroatoms. The lowest BCUT2D eigenvalue weighted by Gasteiger charge is -2.41. The third-order valence-electron chi connectivity index (χ3n) is 5.65. The number of amides is 1. The normalized spacial score (nSPS) is 26.3. The molecule has 1 aromatic rings. The quantitative estimate of drug-likeness (QED) is 0.896. The van der Waals surface area contributed by atoms with Crippen LogP contribution in [0.5, 0.6) is 0 Å². The van der Waals surface area contributed by atoms with Crippen LogP contribution in [0.3, 0.4) is 0 Å². The molecular formula is C20H30N2O2. The zero-order valence-corrected chi connectivity index (χ0v) is 14.9. The Bertz CT molecular complexity index is 579. The fourth-order valence-electron chi connectivity index (χ4n) is 4.22. The summed E-state index contributed by atoms with van der Waals surface area (Å²) in [7, 11) is 0. The van der Waals surface area contributed by atoms with Crippen LogP contribution in [0, 0.1) is 13.8 Å². The second-order valence-corrected chi connectivity index (χ2v) is 7.52. The fraction of sp³-hybridized carbons (Fsp3) is 0.650. The monoisotopic (exact) mass is 330 g/mol. The Morgan fingerprint density at radius 1 is 1.12 bits per heavy atom. The minimum atomic E-state index is -0.167. The number of aliphatic hydroxyl groups is 1. The molecule has 2 N–H and O–H groups in total. The second-order valence-electron chi connectivity index (χ2n) is 7.52. The van der Waals surface area contributed by atoms with Crippen molar-refractivity contribution in [1.29, 1.82) is 0 Å². The van der Waals surface area contributed by atoms with Crippen molar-refractivity contribution in [1.82, 2.24) is 10.2 Å². The third-order valence-corrected chi connectivity index (χ3v) is 5.65. The lowest BCUT2D eigenvalue weighted by molar-refractivity contribution is 0.00727. The van der Waals surface area contributed by atoms with Crippen molar-refractivity contribution >= 4 is 5.91 Å². The van der Waals surface area contributed by atoms with Gasteiger partial charge in [0.25, 0.3) is 5.91 Å². The van der Waals surface area contributed by atoms with Crippen LogP contribution in [0.15, 0.2) is 18.2 Å². The van der Waals surface area contributed by atoms with Crippen molar-refractivity contribution in [3.05, 3.63) is 34.9 Å². The molecule has 2 aliphatic rings. The van der Waals surface area contributed by atoms with Crippen LogP contribution in [0.25, 0.3) is 0 Å². The fourth-order valence-corrected chi connectivity index (χ4v) is 4.22. The Balaban J connectivity index is 1.52. The number of benzene rings is 1. The minimum absolute atomic E-state index is 0.0450. The minimum Gasteiger partial charge on any atom is -0.391 e. The number of aryl methyl sites for hydroxylation is 2. The van der Waals surface area contributed by atoms with E-state index in [2.05, 4.69) is 16.3 Å². The average Bonchev–Trinajstić information content (AvgIpc) is 2.56. The van der Waals surface area contributed by atoms with Crippen LogP contribution < -0.4 is 5.32 Å². The number of likely N-dealkylation sites (tertiary alicyclic amines) is 1. The van der Waals surface area contributed by atoms with Crippen LogP contribution in [0.2, 0.25) is 0 Å². The van der Waals surface area contributed by atoms with Gasteiger partial charge in [-0.05, 0) is 51.2 Å². The lowest BCUT2D eigenvalue weighted by atomic mass is 9.89. The van der Waals surface area contributed by atoms with Crippen molar-refractivity contribution in [2.24, 2.45) is 0 Å². The molecule has 2 fully saturated rings. The predicted octanol–water partition coefficient (Wildman–Crippen LogP) is 2.80. The zero-order valence-electron chi connectivity index (χ0n) is 14.9. The van der Waals surface area contributed by atoms with Crippen LogP contribution in [-0.2, 0) is 0 Å². The second kappa shape index (κ2) is 7.66. The largest absolute Gasteiger partial charge is 0.391 e. The van der Waals surface area contributed by atoms with E-state index in [0.717, 1.165) is 56.3 Å². The van der Waals surface area contributed by atoms with Crippen LogP contribution in [-0.4, -0.2) is 47.2 Å². The number of aliphatic hydroxyl groups excluding tert-OH is 1. The van der Waals surface area contributed by atoms with Crippen molar-refractivity contribution < 1.29 is 9.90 Å². The smallest absolute Gasteiger partial charge is 0.251 e. The van der Waals surface area contributed by atoms with Gasteiger partial charge in [0.15, 0.2) is 0 Å². The van der Waals surface area contributed by atoms with Crippen LogP contribution in [0.4, 0.5) is 0 Å². The number of hydrogen-bond acceptors (Lipinski definition) is 3. The summed E-state index contributed by atoms with van der Waals surface area (Å²) in [6.07, 6.45) is 6.21. The lowest BCUT2D eigenvalue weighted by Crippen LogP contribution is -2.52. The Hall–Kier alpha value is -1.39. The number of rotatable bonds is 3. The first-order valence-corrected chi connectivity index (χ1v) is 9.35. The first kappa shape index (κ1) is 17.4. The highest BCUT2D eigenvalue weighted by molar-refractivity contribution is 5.95. The van der Waals surface area contributed by atoms with E-state index in [1.807, 2.05) is 26.0 Å². The van der Waals surface area contributed by atoms with Gasteiger partial charge in [0.1, 0.15) is 0 Å². The van der Waals surface area contributed by atoms with Gasteiger partial charge in [0.05, 0.1) is 6.10 Å². The highest BCUT2D eigenvalue weighted by Crippen LogP contribution is 2.26. The average molecular weight is 330 g/mol. The van der Waals surface area contributed by atoms with Gasteiger partial charge in [0, 0.05) is 30.7 Å². The molecule has 132 valence electrons. The topological polar surface area (TPSA) is 52.6 Å². The van der Waals surface area contributed by atoms with Gasteiger partial charge < -0.3 is 10.4 Å². The maximum absolute atomic E-state index is 12.5. The van der Waals surface area contributed by atoms with Crippen molar-refractivity contribution in [3.63, 3.8) is 0 Å². The Kier molecular flexibility index (Phi) is 5.57. The van der Waals surface area contributed by atoms with E-state index >= 15 is 0 Å². The summed E-state index contributed by atoms with van der Waals surface area (Å²) in [6.45, 7) is 5.98. The number of nitrogens with one attached hydrogen (secondary N) is 1. The standard InChI is InChI=1S/C20H30N2O2/c1-14-7-8-17(15(2)13-14)20(24)21-16-9-11-22(12-10-16)18-5-3-4-6-19(18)23/h7-8,13,16,18-19,23H,3-6,9-12H2,1-2H3,(H,21,24). The van der Waals surface area contributed by atoms with E-state index in [1.54, 1.807) is 0 Å². The van der Waals surface area contributed by atoms with Crippen LogP contribution >= 0.6 is 0 Å². The molecule has 1 aliphatic heterocycles. The number of piperidine rings is 1. The molecule has 24 heavy (non-hydrogen) atoms. The van der Waals surface area contributed by atoms with Crippen molar-refractivity contribution in [2.75, 3.05) is 13.1 Å². The van der Waals surface area contributed by atoms with Gasteiger partial charge in [-0.25, -0.2) is 0 Å². The molecule has 1 aliphatic carbocycles. The SMILES string of the molecule is Cc1ccc(C(=O)NC2CCN(C3CCCCC3O)CC2)c(C)c1. The van der Waals surface area contributed by atoms with E-state index in [0.29, 0.717) is 6.04 Å². The van der Waals surface area contributed by atoms with Gasteiger partial charge in [-0.3, -0.25) is 9.69 Å². The summed E-state index contributed by atoms with van der Waals surface area (Å²) in [6, 6.07) is 6.55. The molecule has 4 nitrogen and oxygen atoms in total. The van der Waals surface area contributed by atoms with E-state index < -0.39 is 0 Å². The summed E-state index contributed by atoms with van der Waals surface area (Å²) in [5.41, 5.74) is 3.00. The molecule has 0 radical (unpaired) electrons. The van der Waals surface area contributed by atoms with Crippen LogP contribution in [0.1, 0.15) is 60.0 Å². The van der Waals surface area contributed by atoms with Crippen molar-refractivity contribution in [3.8, 4) is 0 Å². The Morgan fingerprint density at radius 2 is 1.83 bits per heavy atom. The molecule has 1 amide bonds. The molecule has 1 saturated carbocycles. The molecule has 2 unspecified atom stereocenters. The Labute approximate surface area is 145 Å². The summed E-state index contributed by atoms with van der Waals surface area (Å²) in [5.74, 6) is 0.0450. The molecule has 1 aromatic carbocycles. The molecule has 3 rings (SSSR count). The molecular weight excluding hydrogens is 300 g/mol. The summed E-state index contributed by atoms with van der Waals surface area (Å²) < 4.78 is 0. The summed E-state index contributed by atoms with van der Waals surface area (Å²) >= 11 is 0. The molecule has 0 aromatic heterocycles. The van der Waals surface area contributed by atoms with E-state index in [9.17, 15) is 9.90 Å². The molecule has 1 saturated heterocycles. The maximum Gasteiger partial charge on any atom is 0.251 e. The number of hydrogen-bond donors (Lipinski definition) is 2. The zero-order chi connectivity index (χ0) is 17.1. The van der Waals surface area contributed by atoms with Gasteiger partial charge in [-0.15, -0.1) is 0 Å². The summed E-state index contributed by atoms with van der Waals surface area (Å²) in [4.78, 5) is 14.9. The highest BCUT2D eigenvalue weighted by Gasteiger charge is 2.31. The molecule has 0 spiro atoms. The van der Waals surface area contributed by atoms with E-state index in [-0.39, 0.29) is 18.1 Å². The van der Waals surface area contributed by atoms with Crippen molar-refractivity contribution in [2.45, 2.75) is 70.6 Å². The first-order chi connectivity index (χ1) is 11.5. The summed E-state index contributed by atoms with van der Waals surface area (Å²) in [5, 5.41) is 13.4. The number of carbonyl (C=O) groups excluding carboxylic acids is 1. The maximum atomic E-state index is 12.5. The van der Waals surface area contributed by atoms with Gasteiger partial charge in [0.2, 0.25) is 0 Å². The van der Waals surface area contributed by atoms with E-state index in [4.69, 9.17) is 0 Å². The van der Waals surface area contributed by atoms with Gasteiger partial charge >= 0.3 is 0 Å².